The molecule has 0 aliphatic rings. The van der Waals surface area contributed by atoms with Crippen molar-refractivity contribution < 1.29 is 50.2 Å². The van der Waals surface area contributed by atoms with Crippen LogP contribution < -0.4 is 31.2 Å². The maximum Gasteiger partial charge on any atom is 0.280 e. The van der Waals surface area contributed by atoms with E-state index < -0.39 is 11.9 Å². The molecule has 2 heterocycles. The van der Waals surface area contributed by atoms with Gasteiger partial charge in [0.1, 0.15) is 0 Å². The molecule has 4 aromatic rings. The molecule has 0 radical (unpaired) electrons. The average molecular weight is 937 g/mol. The monoisotopic (exact) mass is 936 g/mol. The summed E-state index contributed by atoms with van der Waals surface area (Å²) in [5.41, 5.74) is 9.25. The van der Waals surface area contributed by atoms with Gasteiger partial charge in [-0.3, -0.25) is 0 Å². The molecule has 0 aliphatic carbocycles. The second-order valence-electron chi connectivity index (χ2n) is 15.4. The molecule has 62 heavy (non-hydrogen) atoms. The predicted octanol–water partition coefficient (Wildman–Crippen LogP) is 7.55. The smallest absolute Gasteiger partial charge is 0.280 e. The average Bonchev–Trinajstić information content (AvgIpc) is 3.84. The minimum atomic E-state index is -1.14. The Kier molecular flexibility index (Phi) is 34.1. The van der Waals surface area contributed by atoms with Crippen LogP contribution in [0.4, 0.5) is 0 Å². The van der Waals surface area contributed by atoms with E-state index in [1.807, 2.05) is 48.5 Å². The number of aromatic nitrogens is 2. The van der Waals surface area contributed by atoms with E-state index in [-0.39, 0.29) is 35.8 Å². The summed E-state index contributed by atoms with van der Waals surface area (Å²) in [6, 6.07) is 15.2. The molecule has 348 valence electrons. The lowest BCUT2D eigenvalue weighted by Gasteiger charge is -2.04. The minimum absolute atomic E-state index is 0.135. The Morgan fingerprint density at radius 2 is 0.919 bits per heavy atom. The van der Waals surface area contributed by atoms with E-state index in [0.717, 1.165) is 84.6 Å². The number of hydrogen-bond acceptors (Lipinski definition) is 14. The number of fused-ring (bicyclic) bond motifs is 2. The van der Waals surface area contributed by atoms with E-state index in [4.69, 9.17) is 43.4 Å². The van der Waals surface area contributed by atoms with Gasteiger partial charge < -0.3 is 50.2 Å². The highest BCUT2D eigenvalue weighted by atomic mass is 32.1. The van der Waals surface area contributed by atoms with Gasteiger partial charge in [0.2, 0.25) is 0 Å². The lowest BCUT2D eigenvalue weighted by Crippen LogP contribution is -2.50. The number of para-hydroxylation sites is 2. The molecule has 6 N–H and O–H groups in total. The molecule has 0 saturated carbocycles. The lowest BCUT2D eigenvalue weighted by molar-refractivity contribution is -0.369. The second kappa shape index (κ2) is 37.2. The Morgan fingerprint density at radius 1 is 0.565 bits per heavy atom. The first-order valence-corrected chi connectivity index (χ1v) is 24.6. The molecular weight excluding hydrogens is 865 g/mol. The highest BCUT2D eigenvalue weighted by Gasteiger charge is 2.08. The number of carbonyl (C=O) groups is 2. The largest absolute Gasteiger partial charge is 0.550 e. The van der Waals surface area contributed by atoms with Crippen molar-refractivity contribution in [2.45, 2.75) is 130 Å². The van der Waals surface area contributed by atoms with Crippen LogP contribution in [0.25, 0.3) is 20.4 Å². The molecule has 0 bridgehead atoms. The summed E-state index contributed by atoms with van der Waals surface area (Å²) in [5.74, 6) is -0.549. The lowest BCUT2D eigenvalue weighted by atomic mass is 10.0. The second-order valence-corrected chi connectivity index (χ2v) is 18.3. The quantitative estimate of drug-likeness (QED) is 0.0420. The van der Waals surface area contributed by atoms with E-state index in [0.29, 0.717) is 10.4 Å². The zero-order chi connectivity index (χ0) is 45.8. The van der Waals surface area contributed by atoms with Crippen LogP contribution in [-0.2, 0) is 19.1 Å². The van der Waals surface area contributed by atoms with Crippen LogP contribution in [-0.4, -0.2) is 71.5 Å². The number of ether oxygens (including phenoxy) is 4. The number of unbranched alkanes of at least 4 members (excludes halogenated alkanes) is 6. The third-order valence-electron chi connectivity index (χ3n) is 8.73. The van der Waals surface area contributed by atoms with Crippen molar-refractivity contribution in [2.75, 3.05) is 39.5 Å². The molecule has 0 amide bonds. The van der Waals surface area contributed by atoms with Gasteiger partial charge in [-0.2, -0.15) is 0 Å². The fraction of sp³-hybridized carbons (Fsp3) is 0.609. The molecule has 0 saturated heterocycles. The van der Waals surface area contributed by atoms with Crippen LogP contribution in [0.2, 0.25) is 0 Å². The molecule has 12 nitrogen and oxygen atoms in total. The van der Waals surface area contributed by atoms with Crippen molar-refractivity contribution in [3.8, 4) is 10.4 Å². The van der Waals surface area contributed by atoms with Crippen molar-refractivity contribution in [3.05, 3.63) is 48.5 Å². The van der Waals surface area contributed by atoms with E-state index in [1.54, 1.807) is 0 Å². The van der Waals surface area contributed by atoms with Crippen molar-refractivity contribution in [1.82, 2.24) is 9.97 Å². The molecule has 4 rings (SSSR count). The molecule has 0 unspecified atom stereocenters. The highest BCUT2D eigenvalue weighted by Crippen LogP contribution is 2.29. The van der Waals surface area contributed by atoms with Gasteiger partial charge in [-0.25, -0.2) is 9.97 Å². The van der Waals surface area contributed by atoms with Gasteiger partial charge in [0.15, 0.2) is 10.1 Å². The van der Waals surface area contributed by atoms with E-state index in [9.17, 15) is 19.8 Å². The number of aliphatic carboxylic acids is 2. The van der Waals surface area contributed by atoms with Crippen LogP contribution in [0, 0.1) is 11.8 Å². The highest BCUT2D eigenvalue weighted by molar-refractivity contribution is 7.80. The molecule has 16 heteroatoms. The summed E-state index contributed by atoms with van der Waals surface area (Å²) in [6.07, 6.45) is 15.7. The van der Waals surface area contributed by atoms with Crippen LogP contribution in [0.5, 0.6) is 10.4 Å². The number of hydrogen-bond donors (Lipinski definition) is 2. The Bertz CT molecular complexity index is 1590. The van der Waals surface area contributed by atoms with E-state index in [1.165, 1.54) is 86.9 Å². The third kappa shape index (κ3) is 31.6. The van der Waals surface area contributed by atoms with Crippen molar-refractivity contribution in [1.29, 1.82) is 0 Å². The Morgan fingerprint density at radius 3 is 1.26 bits per heavy atom. The first kappa shape index (κ1) is 56.8. The van der Waals surface area contributed by atoms with Crippen molar-refractivity contribution >= 4 is 89.6 Å². The van der Waals surface area contributed by atoms with Crippen LogP contribution in [0.3, 0.4) is 0 Å². The maximum atomic E-state index is 10.3. The summed E-state index contributed by atoms with van der Waals surface area (Å²) < 4.78 is 23.5. The number of carboxylic acid groups (broad SMARTS) is 2. The van der Waals surface area contributed by atoms with Crippen molar-refractivity contribution in [2.24, 2.45) is 11.8 Å². The molecular formula is C46H72N4O8S4. The summed E-state index contributed by atoms with van der Waals surface area (Å²) in [5, 5.41) is 21.8. The number of thiocarbonyl (C=S) groups is 2. The summed E-state index contributed by atoms with van der Waals surface area (Å²) in [4.78, 5) is 29.0. The third-order valence-corrected chi connectivity index (χ3v) is 11.1. The fourth-order valence-corrected chi connectivity index (χ4v) is 7.47. The normalized spacial score (nSPS) is 10.7. The Hall–Kier alpha value is -3.22. The van der Waals surface area contributed by atoms with Crippen molar-refractivity contribution in [3.63, 3.8) is 0 Å². The minimum Gasteiger partial charge on any atom is -0.550 e. The molecule has 0 atom stereocenters. The summed E-state index contributed by atoms with van der Waals surface area (Å²) in [7, 11) is 0. The topological polar surface area (TPSA) is 198 Å². The van der Waals surface area contributed by atoms with Gasteiger partial charge in [-0.05, 0) is 86.2 Å². The first-order valence-electron chi connectivity index (χ1n) is 22.1. The summed E-state index contributed by atoms with van der Waals surface area (Å²) in [6.45, 7) is 14.9. The zero-order valence-electron chi connectivity index (χ0n) is 37.5. The number of benzene rings is 2. The number of carboxylic acids is 2. The number of carbonyl (C=O) groups excluding carboxylic acids is 2. The Labute approximate surface area is 388 Å². The molecule has 2 aromatic heterocycles. The molecule has 0 fully saturated rings. The molecule has 0 aliphatic heterocycles. The van der Waals surface area contributed by atoms with Gasteiger partial charge >= 0.3 is 0 Å². The van der Waals surface area contributed by atoms with Gasteiger partial charge in [-0.1, -0.05) is 126 Å². The van der Waals surface area contributed by atoms with Crippen LogP contribution >= 0.6 is 47.1 Å². The summed E-state index contributed by atoms with van der Waals surface area (Å²) >= 11 is 12.6. The van der Waals surface area contributed by atoms with Gasteiger partial charge in [0.25, 0.3) is 10.4 Å². The SMILES string of the molecule is CC(C)CCCCCCOCCC[NH3+].CC(C)CCCCCCOCCC[NH3+].O=C([O-])CCC(=S)Oc1nc2ccccc2s1.O=C([O-])CCC(=S)Oc1nc2ccccc2s1. The van der Waals surface area contributed by atoms with Gasteiger partial charge in [0.05, 0.1) is 46.7 Å². The standard InChI is InChI=1S/2C12H27NO.2C11H9NO3S2/c2*1-12(2)8-5-3-4-6-10-14-11-7-9-13;2*13-9(14)5-6-10(16)15-11-12-7-3-1-2-4-8(7)17-11/h2*12H,3-11,13H2,1-2H3;2*1-4H,5-6H2,(H,13,14). The molecule has 0 spiro atoms. The number of quaternary nitrogens is 2. The van der Waals surface area contributed by atoms with Gasteiger partial charge in [-0.15, -0.1) is 0 Å². The number of rotatable bonds is 28. The maximum absolute atomic E-state index is 10.3. The predicted molar refractivity (Wildman–Crippen MR) is 256 cm³/mol. The fourth-order valence-electron chi connectivity index (χ4n) is 5.33. The zero-order valence-corrected chi connectivity index (χ0v) is 40.8. The first-order chi connectivity index (χ1) is 29.8. The molecule has 2 aromatic carbocycles. The van der Waals surface area contributed by atoms with E-state index >= 15 is 0 Å². The van der Waals surface area contributed by atoms with Gasteiger partial charge in [0, 0.05) is 50.8 Å². The van der Waals surface area contributed by atoms with E-state index in [2.05, 4.69) is 49.1 Å². The van der Waals surface area contributed by atoms with Crippen LogP contribution in [0.15, 0.2) is 48.5 Å². The number of thiazole rings is 2. The number of nitrogens with zero attached hydrogens (tertiary/aromatic N) is 2. The Balaban J connectivity index is 0.000000416. The van der Waals surface area contributed by atoms with Crippen LogP contribution in [0.1, 0.15) is 130 Å².